The summed E-state index contributed by atoms with van der Waals surface area (Å²) in [5.41, 5.74) is 4.73. The average Bonchev–Trinajstić information content (AvgIpc) is 3.05. The second-order valence-corrected chi connectivity index (χ2v) is 9.07. The monoisotopic (exact) mass is 475 g/mol. The van der Waals surface area contributed by atoms with Crippen LogP contribution in [0.2, 0.25) is 5.15 Å². The third-order valence-corrected chi connectivity index (χ3v) is 5.95. The van der Waals surface area contributed by atoms with Gasteiger partial charge in [-0.1, -0.05) is 35.9 Å². The molecule has 1 aromatic heterocycles. The zero-order chi connectivity index (χ0) is 23.3. The van der Waals surface area contributed by atoms with Crippen LogP contribution in [-0.4, -0.2) is 50.2 Å². The molecule has 2 aromatic carbocycles. The Morgan fingerprint density at radius 1 is 1.25 bits per heavy atom. The van der Waals surface area contributed by atoms with Gasteiger partial charge in [0.1, 0.15) is 12.3 Å². The summed E-state index contributed by atoms with van der Waals surface area (Å²) in [6.07, 6.45) is 2.39. The molecule has 1 N–H and O–H groups in total. The van der Waals surface area contributed by atoms with Crippen LogP contribution in [0.25, 0.3) is 5.69 Å². The number of anilines is 1. The number of amides is 1. The zero-order valence-corrected chi connectivity index (χ0v) is 19.3. The second-order valence-electron chi connectivity index (χ2n) is 6.80. The molecule has 3 rings (SSSR count). The number of hydrazone groups is 1. The number of hydrogen-bond acceptors (Lipinski definition) is 6. The van der Waals surface area contributed by atoms with Gasteiger partial charge in [-0.3, -0.25) is 9.10 Å². The molecule has 0 radical (unpaired) electrons. The van der Waals surface area contributed by atoms with Crippen molar-refractivity contribution in [3.63, 3.8) is 0 Å². The lowest BCUT2D eigenvalue weighted by Gasteiger charge is -2.21. The molecule has 11 heteroatoms. The molecular weight excluding hydrogens is 454 g/mol. The van der Waals surface area contributed by atoms with E-state index in [0.29, 0.717) is 17.0 Å². The van der Waals surface area contributed by atoms with E-state index in [9.17, 15) is 13.2 Å². The highest BCUT2D eigenvalue weighted by Gasteiger charge is 2.21. The van der Waals surface area contributed by atoms with Gasteiger partial charge in [0.05, 0.1) is 42.2 Å². The van der Waals surface area contributed by atoms with Gasteiger partial charge in [-0.2, -0.15) is 10.2 Å². The van der Waals surface area contributed by atoms with Gasteiger partial charge in [-0.05, 0) is 31.2 Å². The van der Waals surface area contributed by atoms with E-state index in [2.05, 4.69) is 15.6 Å². The summed E-state index contributed by atoms with van der Waals surface area (Å²) < 4.78 is 32.2. The van der Waals surface area contributed by atoms with Crippen LogP contribution in [0.4, 0.5) is 5.69 Å². The first-order valence-electron chi connectivity index (χ1n) is 9.45. The van der Waals surface area contributed by atoms with Crippen molar-refractivity contribution in [2.45, 2.75) is 6.92 Å². The molecule has 0 saturated carbocycles. The quantitative estimate of drug-likeness (QED) is 0.398. The number of halogens is 1. The van der Waals surface area contributed by atoms with Gasteiger partial charge >= 0.3 is 0 Å². The smallest absolute Gasteiger partial charge is 0.260 e. The van der Waals surface area contributed by atoms with Crippen LogP contribution in [0.1, 0.15) is 11.3 Å². The average molecular weight is 476 g/mol. The second kappa shape index (κ2) is 9.84. The number of carbonyl (C=O) groups is 1. The predicted molar refractivity (Wildman–Crippen MR) is 124 cm³/mol. The lowest BCUT2D eigenvalue weighted by molar-refractivity contribution is -0.119. The van der Waals surface area contributed by atoms with Gasteiger partial charge < -0.3 is 4.74 Å². The van der Waals surface area contributed by atoms with E-state index >= 15 is 0 Å². The number of nitrogens with zero attached hydrogens (tertiary/aromatic N) is 4. The Balaban J connectivity index is 1.74. The SMILES string of the molecule is COc1cccc(N(CC(=O)N/N=C\c2c(Cl)nn(-c3ccccc3)c2C)S(C)(=O)=O)c1. The Kier molecular flexibility index (Phi) is 7.16. The number of benzene rings is 2. The molecule has 0 unspecified atom stereocenters. The predicted octanol–water partition coefficient (Wildman–Crippen LogP) is 2.76. The Morgan fingerprint density at radius 3 is 2.62 bits per heavy atom. The number of methoxy groups -OCH3 is 1. The maximum absolute atomic E-state index is 12.4. The number of para-hydroxylation sites is 1. The van der Waals surface area contributed by atoms with E-state index in [1.807, 2.05) is 37.3 Å². The van der Waals surface area contributed by atoms with Gasteiger partial charge in [0.25, 0.3) is 5.91 Å². The van der Waals surface area contributed by atoms with Gasteiger partial charge in [-0.15, -0.1) is 0 Å². The van der Waals surface area contributed by atoms with Gasteiger partial charge in [0.2, 0.25) is 10.0 Å². The molecule has 0 aliphatic heterocycles. The Morgan fingerprint density at radius 2 is 1.97 bits per heavy atom. The summed E-state index contributed by atoms with van der Waals surface area (Å²) in [5, 5.41) is 8.44. The van der Waals surface area contributed by atoms with Crippen LogP contribution >= 0.6 is 11.6 Å². The van der Waals surface area contributed by atoms with Crippen LogP contribution in [0, 0.1) is 6.92 Å². The maximum atomic E-state index is 12.4. The summed E-state index contributed by atoms with van der Waals surface area (Å²) in [5.74, 6) is -0.158. The van der Waals surface area contributed by atoms with Crippen molar-refractivity contribution in [1.29, 1.82) is 0 Å². The Bertz CT molecular complexity index is 1240. The molecule has 3 aromatic rings. The number of sulfonamides is 1. The molecule has 0 atom stereocenters. The Hall–Kier alpha value is -3.37. The molecule has 0 saturated heterocycles. The fourth-order valence-corrected chi connectivity index (χ4v) is 4.06. The van der Waals surface area contributed by atoms with Crippen LogP contribution in [0.5, 0.6) is 5.75 Å². The number of rotatable bonds is 8. The van der Waals surface area contributed by atoms with Crippen molar-refractivity contribution in [3.8, 4) is 11.4 Å². The molecular formula is C21H22ClN5O4S. The summed E-state index contributed by atoms with van der Waals surface area (Å²) >= 11 is 6.23. The summed E-state index contributed by atoms with van der Waals surface area (Å²) in [6.45, 7) is 1.36. The van der Waals surface area contributed by atoms with E-state index in [4.69, 9.17) is 16.3 Å². The Labute approximate surface area is 191 Å². The number of carbonyl (C=O) groups excluding carboxylic acids is 1. The van der Waals surface area contributed by atoms with Crippen LogP contribution in [0.3, 0.4) is 0 Å². The van der Waals surface area contributed by atoms with Crippen molar-refractivity contribution in [2.75, 3.05) is 24.2 Å². The first-order valence-corrected chi connectivity index (χ1v) is 11.7. The molecule has 9 nitrogen and oxygen atoms in total. The van der Waals surface area contributed by atoms with Crippen LogP contribution < -0.4 is 14.5 Å². The number of nitrogens with one attached hydrogen (secondary N) is 1. The third-order valence-electron chi connectivity index (χ3n) is 4.53. The molecule has 1 heterocycles. The van der Waals surface area contributed by atoms with E-state index in [1.54, 1.807) is 22.9 Å². The van der Waals surface area contributed by atoms with Crippen molar-refractivity contribution in [2.24, 2.45) is 5.10 Å². The highest BCUT2D eigenvalue weighted by Crippen LogP contribution is 2.23. The van der Waals surface area contributed by atoms with E-state index in [-0.39, 0.29) is 5.15 Å². The standard InChI is InChI=1S/C21H22ClN5O4S/c1-15-19(21(22)25-27(15)16-8-5-4-6-9-16)13-23-24-20(28)14-26(32(3,29)30)17-10-7-11-18(12-17)31-2/h4-13H,14H2,1-3H3,(H,24,28)/b23-13-. The number of hydrogen-bond donors (Lipinski definition) is 1. The molecule has 168 valence electrons. The van der Waals surface area contributed by atoms with Gasteiger partial charge in [0, 0.05) is 6.07 Å². The normalized spacial score (nSPS) is 11.5. The summed E-state index contributed by atoms with van der Waals surface area (Å²) in [4.78, 5) is 12.4. The summed E-state index contributed by atoms with van der Waals surface area (Å²) in [7, 11) is -2.25. The van der Waals surface area contributed by atoms with E-state index in [1.165, 1.54) is 19.4 Å². The molecule has 0 aliphatic rings. The molecule has 0 bridgehead atoms. The number of ether oxygens (including phenoxy) is 1. The zero-order valence-electron chi connectivity index (χ0n) is 17.7. The minimum absolute atomic E-state index is 0.221. The summed E-state index contributed by atoms with van der Waals surface area (Å²) in [6, 6.07) is 15.8. The fraction of sp³-hybridized carbons (Fsp3) is 0.190. The fourth-order valence-electron chi connectivity index (χ4n) is 2.95. The van der Waals surface area contributed by atoms with Gasteiger partial charge in [0.15, 0.2) is 5.15 Å². The van der Waals surface area contributed by atoms with Crippen LogP contribution in [-0.2, 0) is 14.8 Å². The largest absolute Gasteiger partial charge is 0.497 e. The topological polar surface area (TPSA) is 106 Å². The lowest BCUT2D eigenvalue weighted by atomic mass is 10.2. The highest BCUT2D eigenvalue weighted by molar-refractivity contribution is 7.92. The lowest BCUT2D eigenvalue weighted by Crippen LogP contribution is -2.39. The number of aromatic nitrogens is 2. The van der Waals surface area contributed by atoms with Crippen LogP contribution in [0.15, 0.2) is 59.7 Å². The van der Waals surface area contributed by atoms with Crippen molar-refractivity contribution < 1.29 is 17.9 Å². The highest BCUT2D eigenvalue weighted by atomic mass is 35.5. The van der Waals surface area contributed by atoms with Crippen molar-refractivity contribution in [3.05, 3.63) is 71.0 Å². The molecule has 0 spiro atoms. The van der Waals surface area contributed by atoms with E-state index < -0.39 is 22.5 Å². The molecule has 0 aliphatic carbocycles. The minimum Gasteiger partial charge on any atom is -0.497 e. The molecule has 1 amide bonds. The van der Waals surface area contributed by atoms with Crippen molar-refractivity contribution >= 4 is 39.4 Å². The van der Waals surface area contributed by atoms with Crippen molar-refractivity contribution in [1.82, 2.24) is 15.2 Å². The van der Waals surface area contributed by atoms with E-state index in [0.717, 1.165) is 21.9 Å². The third kappa shape index (κ3) is 5.45. The molecule has 32 heavy (non-hydrogen) atoms. The molecule has 0 fully saturated rings. The first kappa shape index (κ1) is 23.3. The maximum Gasteiger partial charge on any atom is 0.260 e. The minimum atomic E-state index is -3.73. The first-order chi connectivity index (χ1) is 15.2. The van der Waals surface area contributed by atoms with Gasteiger partial charge in [-0.25, -0.2) is 18.5 Å².